The van der Waals surface area contributed by atoms with Crippen molar-refractivity contribution < 1.29 is 14.3 Å². The fourth-order valence-corrected chi connectivity index (χ4v) is 2.64. The van der Waals surface area contributed by atoms with Crippen LogP contribution in [0.25, 0.3) is 5.69 Å². The van der Waals surface area contributed by atoms with Gasteiger partial charge in [-0.25, -0.2) is 4.68 Å². The van der Waals surface area contributed by atoms with Gasteiger partial charge in [-0.15, -0.1) is 0 Å². The molecule has 0 spiro atoms. The highest BCUT2D eigenvalue weighted by Gasteiger charge is 2.13. The highest BCUT2D eigenvalue weighted by atomic mass is 16.5. The van der Waals surface area contributed by atoms with E-state index in [9.17, 15) is 9.59 Å². The SMILES string of the molecule is Cc1cc(NC(=O)COC(=O)CCc2ccccc2)n(-c2ccccc2)n1. The molecule has 0 fully saturated rings. The van der Waals surface area contributed by atoms with E-state index >= 15 is 0 Å². The van der Waals surface area contributed by atoms with Gasteiger partial charge in [-0.2, -0.15) is 5.10 Å². The summed E-state index contributed by atoms with van der Waals surface area (Å²) in [4.78, 5) is 24.0. The molecule has 138 valence electrons. The second-order valence-corrected chi connectivity index (χ2v) is 6.11. The number of rotatable bonds is 7. The molecule has 1 N–H and O–H groups in total. The smallest absolute Gasteiger partial charge is 0.306 e. The molecule has 0 aliphatic heterocycles. The van der Waals surface area contributed by atoms with Crippen molar-refractivity contribution in [2.75, 3.05) is 11.9 Å². The number of aromatic nitrogens is 2. The minimum absolute atomic E-state index is 0.234. The lowest BCUT2D eigenvalue weighted by molar-refractivity contribution is -0.147. The Labute approximate surface area is 157 Å². The van der Waals surface area contributed by atoms with Gasteiger partial charge in [0.25, 0.3) is 5.91 Å². The number of carbonyl (C=O) groups is 2. The molecule has 0 aliphatic rings. The lowest BCUT2D eigenvalue weighted by Gasteiger charge is -2.09. The average Bonchev–Trinajstić information content (AvgIpc) is 3.06. The Hall–Kier alpha value is -3.41. The van der Waals surface area contributed by atoms with Crippen molar-refractivity contribution in [2.45, 2.75) is 19.8 Å². The highest BCUT2D eigenvalue weighted by molar-refractivity contribution is 5.92. The molecule has 1 aromatic heterocycles. The standard InChI is InChI=1S/C21H21N3O3/c1-16-14-19(24(23-16)18-10-6-3-7-11-18)22-20(25)15-27-21(26)13-12-17-8-4-2-5-9-17/h2-11,14H,12-13,15H2,1H3,(H,22,25). The van der Waals surface area contributed by atoms with Crippen molar-refractivity contribution in [3.63, 3.8) is 0 Å². The van der Waals surface area contributed by atoms with E-state index in [0.717, 1.165) is 16.9 Å². The van der Waals surface area contributed by atoms with Gasteiger partial charge in [0.05, 0.1) is 11.4 Å². The van der Waals surface area contributed by atoms with Crippen LogP contribution in [0.15, 0.2) is 66.7 Å². The van der Waals surface area contributed by atoms with Gasteiger partial charge in [0, 0.05) is 12.5 Å². The van der Waals surface area contributed by atoms with Crippen LogP contribution in [0.3, 0.4) is 0 Å². The number of nitrogens with one attached hydrogen (secondary N) is 1. The second kappa shape index (κ2) is 8.80. The zero-order chi connectivity index (χ0) is 19.1. The molecule has 3 aromatic rings. The molecule has 6 heteroatoms. The summed E-state index contributed by atoms with van der Waals surface area (Å²) in [5, 5.41) is 7.13. The Bertz CT molecular complexity index is 905. The van der Waals surface area contributed by atoms with Gasteiger partial charge < -0.3 is 10.1 Å². The minimum atomic E-state index is -0.403. The molecule has 0 aliphatic carbocycles. The molecule has 0 atom stereocenters. The highest BCUT2D eigenvalue weighted by Crippen LogP contribution is 2.16. The van der Waals surface area contributed by atoms with E-state index in [0.29, 0.717) is 12.2 Å². The topological polar surface area (TPSA) is 73.2 Å². The van der Waals surface area contributed by atoms with Gasteiger partial charge in [-0.05, 0) is 31.0 Å². The number of amides is 1. The number of para-hydroxylation sites is 1. The number of anilines is 1. The number of carbonyl (C=O) groups excluding carboxylic acids is 2. The monoisotopic (exact) mass is 363 g/mol. The summed E-state index contributed by atoms with van der Waals surface area (Å²) in [6, 6.07) is 20.9. The Balaban J connectivity index is 1.52. The molecule has 1 heterocycles. The predicted octanol–water partition coefficient (Wildman–Crippen LogP) is 3.30. The number of hydrogen-bond acceptors (Lipinski definition) is 4. The van der Waals surface area contributed by atoms with Crippen LogP contribution in [0.5, 0.6) is 0 Å². The molecular formula is C21H21N3O3. The van der Waals surface area contributed by atoms with Crippen LogP contribution in [-0.4, -0.2) is 28.3 Å². The van der Waals surface area contributed by atoms with Crippen LogP contribution >= 0.6 is 0 Å². The van der Waals surface area contributed by atoms with E-state index in [2.05, 4.69) is 10.4 Å². The molecule has 3 rings (SSSR count). The maximum atomic E-state index is 12.2. The molecular weight excluding hydrogens is 342 g/mol. The first-order valence-corrected chi connectivity index (χ1v) is 8.73. The molecule has 0 saturated carbocycles. The Kier molecular flexibility index (Phi) is 5.99. The van der Waals surface area contributed by atoms with Crippen LogP contribution in [0.1, 0.15) is 17.7 Å². The fourth-order valence-electron chi connectivity index (χ4n) is 2.64. The van der Waals surface area contributed by atoms with Crippen LogP contribution in [-0.2, 0) is 20.7 Å². The number of aryl methyl sites for hydroxylation is 2. The summed E-state index contributed by atoms with van der Waals surface area (Å²) in [5.74, 6) is -0.272. The van der Waals surface area contributed by atoms with Crippen molar-refractivity contribution in [1.82, 2.24) is 9.78 Å². The lowest BCUT2D eigenvalue weighted by atomic mass is 10.1. The van der Waals surface area contributed by atoms with Gasteiger partial charge in [-0.1, -0.05) is 48.5 Å². The van der Waals surface area contributed by atoms with Crippen molar-refractivity contribution in [3.8, 4) is 5.69 Å². The fraction of sp³-hybridized carbons (Fsp3) is 0.190. The number of nitrogens with zero attached hydrogens (tertiary/aromatic N) is 2. The predicted molar refractivity (Wildman–Crippen MR) is 103 cm³/mol. The van der Waals surface area contributed by atoms with Crippen LogP contribution < -0.4 is 5.32 Å². The molecule has 27 heavy (non-hydrogen) atoms. The summed E-state index contributed by atoms with van der Waals surface area (Å²) in [6.45, 7) is 1.52. The summed E-state index contributed by atoms with van der Waals surface area (Å²) >= 11 is 0. The van der Waals surface area contributed by atoms with Gasteiger partial charge in [-0.3, -0.25) is 9.59 Å². The van der Waals surface area contributed by atoms with Crippen molar-refractivity contribution in [3.05, 3.63) is 78.0 Å². The van der Waals surface area contributed by atoms with Gasteiger partial charge in [0.15, 0.2) is 6.61 Å². The third-order valence-electron chi connectivity index (χ3n) is 3.92. The van der Waals surface area contributed by atoms with E-state index in [1.165, 1.54) is 0 Å². The number of benzene rings is 2. The summed E-state index contributed by atoms with van der Waals surface area (Å²) in [5.41, 5.74) is 2.66. The normalized spacial score (nSPS) is 10.4. The first-order valence-electron chi connectivity index (χ1n) is 8.73. The van der Waals surface area contributed by atoms with Crippen LogP contribution in [0.4, 0.5) is 5.82 Å². The zero-order valence-electron chi connectivity index (χ0n) is 15.1. The Morgan fingerprint density at radius 2 is 1.70 bits per heavy atom. The molecule has 0 radical (unpaired) electrons. The van der Waals surface area contributed by atoms with Gasteiger partial charge in [0.1, 0.15) is 5.82 Å². The first kappa shape index (κ1) is 18.4. The molecule has 0 bridgehead atoms. The zero-order valence-corrected chi connectivity index (χ0v) is 15.1. The number of ether oxygens (including phenoxy) is 1. The Morgan fingerprint density at radius 1 is 1.04 bits per heavy atom. The maximum absolute atomic E-state index is 12.2. The number of esters is 1. The van der Waals surface area contributed by atoms with Crippen LogP contribution in [0.2, 0.25) is 0 Å². The maximum Gasteiger partial charge on any atom is 0.306 e. The third kappa shape index (κ3) is 5.28. The summed E-state index contributed by atoms with van der Waals surface area (Å²) in [6.07, 6.45) is 0.819. The van der Waals surface area contributed by atoms with E-state index in [1.807, 2.05) is 67.6 Å². The molecule has 0 unspecified atom stereocenters. The van der Waals surface area contributed by atoms with E-state index in [4.69, 9.17) is 4.74 Å². The molecule has 1 amide bonds. The van der Waals surface area contributed by atoms with Gasteiger partial charge >= 0.3 is 5.97 Å². The third-order valence-corrected chi connectivity index (χ3v) is 3.92. The van der Waals surface area contributed by atoms with E-state index in [1.54, 1.807) is 10.7 Å². The van der Waals surface area contributed by atoms with Crippen molar-refractivity contribution in [1.29, 1.82) is 0 Å². The minimum Gasteiger partial charge on any atom is -0.456 e. The quantitative estimate of drug-likeness (QED) is 0.654. The van der Waals surface area contributed by atoms with E-state index < -0.39 is 11.9 Å². The van der Waals surface area contributed by atoms with Gasteiger partial charge in [0.2, 0.25) is 0 Å². The summed E-state index contributed by atoms with van der Waals surface area (Å²) < 4.78 is 6.71. The average molecular weight is 363 g/mol. The molecule has 6 nitrogen and oxygen atoms in total. The largest absolute Gasteiger partial charge is 0.456 e. The van der Waals surface area contributed by atoms with Crippen LogP contribution in [0, 0.1) is 6.92 Å². The van der Waals surface area contributed by atoms with E-state index in [-0.39, 0.29) is 13.0 Å². The Morgan fingerprint density at radius 3 is 2.41 bits per heavy atom. The first-order chi connectivity index (χ1) is 13.1. The van der Waals surface area contributed by atoms with Crippen molar-refractivity contribution in [2.24, 2.45) is 0 Å². The van der Waals surface area contributed by atoms with Crippen molar-refractivity contribution >= 4 is 17.7 Å². The lowest BCUT2D eigenvalue weighted by Crippen LogP contribution is -2.22. The molecule has 0 saturated heterocycles. The number of hydrogen-bond donors (Lipinski definition) is 1. The molecule has 2 aromatic carbocycles. The summed E-state index contributed by atoms with van der Waals surface area (Å²) in [7, 11) is 0. The second-order valence-electron chi connectivity index (χ2n) is 6.11.